The van der Waals surface area contributed by atoms with E-state index >= 15 is 0 Å². The second-order valence-corrected chi connectivity index (χ2v) is 7.79. The molecule has 3 nitrogen and oxygen atoms in total. The number of nitriles is 1. The van der Waals surface area contributed by atoms with Crippen LogP contribution in [0.5, 0.6) is 0 Å². The number of nitrogens with zero attached hydrogens (tertiary/aromatic N) is 1. The number of ether oxygens (including phenoxy) is 1. The average molecular weight is 317 g/mol. The predicted molar refractivity (Wildman–Crippen MR) is 89.3 cm³/mol. The lowest BCUT2D eigenvalue weighted by atomic mass is 10.0. The first kappa shape index (κ1) is 14.3. The largest absolute Gasteiger partial charge is 0.464 e. The van der Waals surface area contributed by atoms with Gasteiger partial charge in [-0.2, -0.15) is 5.26 Å². The Labute approximate surface area is 130 Å². The van der Waals surface area contributed by atoms with E-state index in [9.17, 15) is 5.26 Å². The van der Waals surface area contributed by atoms with Gasteiger partial charge in [-0.25, -0.2) is 0 Å². The van der Waals surface area contributed by atoms with Crippen LogP contribution in [0.3, 0.4) is 0 Å². The van der Waals surface area contributed by atoms with Gasteiger partial charge >= 0.3 is 5.95 Å². The van der Waals surface area contributed by atoms with Crippen LogP contribution in [-0.2, 0) is 8.92 Å². The van der Waals surface area contributed by atoms with Crippen molar-refractivity contribution in [3.05, 3.63) is 52.5 Å². The van der Waals surface area contributed by atoms with E-state index in [1.54, 1.807) is 10.8 Å². The zero-order valence-electron chi connectivity index (χ0n) is 12.1. The van der Waals surface area contributed by atoms with E-state index in [4.69, 9.17) is 8.92 Å². The number of allylic oxidation sites excluding steroid dienone is 2. The van der Waals surface area contributed by atoms with Gasteiger partial charge in [0.2, 0.25) is 0 Å². The molecule has 2 heterocycles. The second kappa shape index (κ2) is 5.63. The fourth-order valence-corrected chi connectivity index (χ4v) is 6.31. The van der Waals surface area contributed by atoms with E-state index in [2.05, 4.69) is 44.2 Å². The highest BCUT2D eigenvalue weighted by atomic mass is 33.1. The summed E-state index contributed by atoms with van der Waals surface area (Å²) in [6.07, 6.45) is 0. The van der Waals surface area contributed by atoms with Gasteiger partial charge in [-0.15, -0.1) is 0 Å². The lowest BCUT2D eigenvalue weighted by molar-refractivity contribution is 0.131. The zero-order chi connectivity index (χ0) is 15.0. The molecule has 0 bridgehead atoms. The minimum absolute atomic E-state index is 0.383. The van der Waals surface area contributed by atoms with Crippen LogP contribution in [0.15, 0.2) is 41.4 Å². The summed E-state index contributed by atoms with van der Waals surface area (Å²) < 4.78 is 11.3. The van der Waals surface area contributed by atoms with Gasteiger partial charge in [0.25, 0.3) is 0 Å². The maximum absolute atomic E-state index is 9.41. The van der Waals surface area contributed by atoms with Crippen LogP contribution in [0.2, 0.25) is 0 Å². The minimum atomic E-state index is -0.458. The molecular weight excluding hydrogens is 302 g/mol. The molecule has 1 aromatic carbocycles. The van der Waals surface area contributed by atoms with Gasteiger partial charge in [-0.3, -0.25) is 0 Å². The Morgan fingerprint density at radius 3 is 2.62 bits per heavy atom. The molecule has 21 heavy (non-hydrogen) atoms. The van der Waals surface area contributed by atoms with E-state index in [0.29, 0.717) is 18.1 Å². The topological polar surface area (TPSA) is 42.2 Å². The van der Waals surface area contributed by atoms with Crippen molar-refractivity contribution in [2.45, 2.75) is 20.8 Å². The SMILES string of the molecule is CCOC1=C(C#N)C2=S(O1)SC(c1ccc(C)cc1)=C2C. The number of aryl methyl sites for hydroxylation is 1. The van der Waals surface area contributed by atoms with E-state index in [0.717, 1.165) is 10.4 Å². The molecule has 1 unspecified atom stereocenters. The number of hydrogen-bond donors (Lipinski definition) is 0. The van der Waals surface area contributed by atoms with Crippen molar-refractivity contribution in [1.29, 1.82) is 5.26 Å². The molecule has 2 aliphatic heterocycles. The number of rotatable bonds is 3. The smallest absolute Gasteiger partial charge is 0.311 e. The molecule has 0 amide bonds. The average Bonchev–Trinajstić information content (AvgIpc) is 2.97. The highest BCUT2D eigenvalue weighted by Gasteiger charge is 2.36. The van der Waals surface area contributed by atoms with Gasteiger partial charge in [0.1, 0.15) is 6.07 Å². The molecule has 0 N–H and O–H groups in total. The van der Waals surface area contributed by atoms with Crippen LogP contribution < -0.4 is 0 Å². The third kappa shape index (κ3) is 2.39. The Morgan fingerprint density at radius 2 is 2.00 bits per heavy atom. The predicted octanol–water partition coefficient (Wildman–Crippen LogP) is 4.55. The highest BCUT2D eigenvalue weighted by molar-refractivity contribution is 8.86. The van der Waals surface area contributed by atoms with Crippen molar-refractivity contribution in [3.63, 3.8) is 0 Å². The van der Waals surface area contributed by atoms with E-state index in [1.807, 2.05) is 6.92 Å². The van der Waals surface area contributed by atoms with Crippen molar-refractivity contribution in [1.82, 2.24) is 0 Å². The Bertz CT molecular complexity index is 737. The van der Waals surface area contributed by atoms with Gasteiger partial charge < -0.3 is 8.92 Å². The van der Waals surface area contributed by atoms with Crippen molar-refractivity contribution in [3.8, 4) is 6.07 Å². The van der Waals surface area contributed by atoms with E-state index in [1.165, 1.54) is 16.0 Å². The summed E-state index contributed by atoms with van der Waals surface area (Å²) in [7, 11) is 1.21. The molecule has 0 radical (unpaired) electrons. The van der Waals surface area contributed by atoms with Gasteiger partial charge in [-0.05, 0) is 42.7 Å². The van der Waals surface area contributed by atoms with E-state index in [-0.39, 0.29) is 0 Å². The monoisotopic (exact) mass is 317 g/mol. The quantitative estimate of drug-likeness (QED) is 0.606. The Hall–Kier alpha value is -1.64. The van der Waals surface area contributed by atoms with Crippen LogP contribution in [-0.4, -0.2) is 11.5 Å². The lowest BCUT2D eigenvalue weighted by Crippen LogP contribution is -2.02. The third-order valence-electron chi connectivity index (χ3n) is 3.29. The van der Waals surface area contributed by atoms with Crippen LogP contribution in [0, 0.1) is 18.3 Å². The molecule has 0 spiro atoms. The fourth-order valence-electron chi connectivity index (χ4n) is 2.23. The molecule has 5 heteroatoms. The summed E-state index contributed by atoms with van der Waals surface area (Å²) >= 11 is 0. The van der Waals surface area contributed by atoms with Gasteiger partial charge in [0.05, 0.1) is 21.3 Å². The Kier molecular flexibility index (Phi) is 3.83. The molecule has 0 fully saturated rings. The molecule has 108 valence electrons. The van der Waals surface area contributed by atoms with Crippen molar-refractivity contribution in [2.24, 2.45) is 0 Å². The molecular formula is C16H15NO2S2. The normalized spacial score (nSPS) is 20.5. The molecule has 0 saturated heterocycles. The summed E-state index contributed by atoms with van der Waals surface area (Å²) in [5.41, 5.74) is 4.09. The lowest BCUT2D eigenvalue weighted by Gasteiger charge is -2.10. The molecule has 3 rings (SSSR count). The van der Waals surface area contributed by atoms with Crippen LogP contribution in [0.1, 0.15) is 25.0 Å². The minimum Gasteiger partial charge on any atom is -0.464 e. The standard InChI is InChI=1S/C16H15NO2S2/c1-4-18-16-13(9-17)15-11(3)14(20-21(15)19-16)12-7-5-10(2)6-8-12/h5-8H,4H2,1-3H3. The number of benzene rings is 1. The first-order chi connectivity index (χ1) is 10.2. The van der Waals surface area contributed by atoms with Crippen LogP contribution in [0.25, 0.3) is 4.91 Å². The molecule has 0 aromatic heterocycles. The van der Waals surface area contributed by atoms with Gasteiger partial charge in [0.15, 0.2) is 5.57 Å². The molecule has 2 aliphatic rings. The van der Waals surface area contributed by atoms with Crippen molar-refractivity contribution in [2.75, 3.05) is 6.61 Å². The Balaban J connectivity index is 2.00. The molecule has 1 aromatic rings. The molecule has 0 saturated carbocycles. The van der Waals surface area contributed by atoms with E-state index < -0.39 is 9.80 Å². The number of hydrogen-bond acceptors (Lipinski definition) is 4. The molecule has 1 atom stereocenters. The van der Waals surface area contributed by atoms with Crippen LogP contribution in [0.4, 0.5) is 0 Å². The van der Waals surface area contributed by atoms with Gasteiger partial charge in [-0.1, -0.05) is 29.8 Å². The van der Waals surface area contributed by atoms with Gasteiger partial charge in [0, 0.05) is 4.91 Å². The first-order valence-corrected chi connectivity index (χ1v) is 9.17. The van der Waals surface area contributed by atoms with Crippen LogP contribution >= 0.6 is 20.6 Å². The fraction of sp³-hybridized carbons (Fsp3) is 0.250. The molecule has 0 aliphatic carbocycles. The Morgan fingerprint density at radius 1 is 1.29 bits per heavy atom. The summed E-state index contributed by atoms with van der Waals surface area (Å²) in [5, 5.41) is 9.41. The second-order valence-electron chi connectivity index (χ2n) is 4.76. The summed E-state index contributed by atoms with van der Waals surface area (Å²) in [4.78, 5) is 2.18. The zero-order valence-corrected chi connectivity index (χ0v) is 13.7. The van der Waals surface area contributed by atoms with Crippen molar-refractivity contribution >= 4 is 30.4 Å². The summed E-state index contributed by atoms with van der Waals surface area (Å²) in [5.74, 6) is 0.383. The first-order valence-electron chi connectivity index (χ1n) is 6.69. The maximum atomic E-state index is 9.41. The highest BCUT2D eigenvalue weighted by Crippen LogP contribution is 2.57. The summed E-state index contributed by atoms with van der Waals surface area (Å²) in [6, 6.07) is 10.7. The summed E-state index contributed by atoms with van der Waals surface area (Å²) in [6.45, 7) is 6.52. The van der Waals surface area contributed by atoms with Crippen molar-refractivity contribution < 1.29 is 8.92 Å². The third-order valence-corrected chi connectivity index (χ3v) is 6.95. The maximum Gasteiger partial charge on any atom is 0.311 e.